The van der Waals surface area contributed by atoms with Crippen LogP contribution in [0.2, 0.25) is 0 Å². The summed E-state index contributed by atoms with van der Waals surface area (Å²) in [5.74, 6) is -1.42. The molecule has 1 aromatic rings. The van der Waals surface area contributed by atoms with Gasteiger partial charge in [0.05, 0.1) is 18.2 Å². The van der Waals surface area contributed by atoms with Crippen molar-refractivity contribution in [2.24, 2.45) is 0 Å². The zero-order valence-electron chi connectivity index (χ0n) is 10.3. The highest BCUT2D eigenvalue weighted by molar-refractivity contribution is 14.1. The van der Waals surface area contributed by atoms with Gasteiger partial charge >= 0.3 is 5.97 Å². The number of halogens is 1. The van der Waals surface area contributed by atoms with Gasteiger partial charge in [-0.1, -0.05) is 34.7 Å². The molecule has 0 radical (unpaired) electrons. The van der Waals surface area contributed by atoms with E-state index in [0.717, 1.165) is 4.90 Å². The predicted octanol–water partition coefficient (Wildman–Crippen LogP) is 1.65. The van der Waals surface area contributed by atoms with Crippen LogP contribution in [0.5, 0.6) is 0 Å². The number of carbonyl (C=O) groups excluding carboxylic acids is 3. The Balaban J connectivity index is 2.39. The molecule has 0 N–H and O–H groups in total. The van der Waals surface area contributed by atoms with Crippen LogP contribution in [0.15, 0.2) is 24.3 Å². The predicted molar refractivity (Wildman–Crippen MR) is 76.3 cm³/mol. The van der Waals surface area contributed by atoms with Crippen LogP contribution < -0.4 is 0 Å². The normalized spacial score (nSPS) is 15.4. The molecule has 0 aliphatic carbocycles. The highest BCUT2D eigenvalue weighted by Crippen LogP contribution is 2.26. The zero-order chi connectivity index (χ0) is 14.0. The van der Waals surface area contributed by atoms with Crippen LogP contribution in [0.1, 0.15) is 27.1 Å². The number of carbonyl (C=O) groups is 3. The highest BCUT2D eigenvalue weighted by atomic mass is 127. The Morgan fingerprint density at radius 1 is 1.26 bits per heavy atom. The van der Waals surface area contributed by atoms with Crippen LogP contribution in [0.25, 0.3) is 0 Å². The van der Waals surface area contributed by atoms with Gasteiger partial charge in [-0.25, -0.2) is 4.79 Å². The van der Waals surface area contributed by atoms with E-state index in [2.05, 4.69) is 27.3 Å². The van der Waals surface area contributed by atoms with Crippen molar-refractivity contribution in [2.45, 2.75) is 12.5 Å². The van der Waals surface area contributed by atoms with Gasteiger partial charge in [-0.05, 0) is 18.6 Å². The van der Waals surface area contributed by atoms with Crippen LogP contribution in [0.3, 0.4) is 0 Å². The van der Waals surface area contributed by atoms with E-state index < -0.39 is 23.8 Å². The van der Waals surface area contributed by atoms with E-state index in [1.807, 2.05) is 0 Å². The summed E-state index contributed by atoms with van der Waals surface area (Å²) in [6, 6.07) is 5.72. The van der Waals surface area contributed by atoms with Gasteiger partial charge < -0.3 is 4.74 Å². The number of esters is 1. The molecular formula is C13H12INO4. The van der Waals surface area contributed by atoms with Gasteiger partial charge in [-0.15, -0.1) is 0 Å². The Hall–Kier alpha value is -1.44. The minimum atomic E-state index is -0.853. The average Bonchev–Trinajstić information content (AvgIpc) is 2.68. The van der Waals surface area contributed by atoms with Gasteiger partial charge in [-0.2, -0.15) is 0 Å². The van der Waals surface area contributed by atoms with Crippen LogP contribution >= 0.6 is 22.6 Å². The molecule has 2 amide bonds. The molecule has 0 aromatic heterocycles. The minimum Gasteiger partial charge on any atom is -0.467 e. The third kappa shape index (κ3) is 2.36. The summed E-state index contributed by atoms with van der Waals surface area (Å²) in [4.78, 5) is 37.2. The molecule has 6 heteroatoms. The standard InChI is InChI=1S/C13H12INO4/c1-19-13(18)10(6-7-14)15-11(16)8-4-2-3-5-9(8)12(15)17/h2-5,10H,6-7H2,1H3. The molecule has 1 aliphatic rings. The lowest BCUT2D eigenvalue weighted by atomic mass is 10.1. The number of hydrogen-bond acceptors (Lipinski definition) is 4. The first-order valence-corrected chi connectivity index (χ1v) is 7.25. The number of nitrogens with zero attached hydrogens (tertiary/aromatic N) is 1. The molecule has 0 bridgehead atoms. The first-order valence-electron chi connectivity index (χ1n) is 5.72. The maximum absolute atomic E-state index is 12.2. The number of rotatable bonds is 4. The number of amides is 2. The summed E-state index contributed by atoms with van der Waals surface area (Å²) in [7, 11) is 1.25. The average molecular weight is 373 g/mol. The number of fused-ring (bicyclic) bond motifs is 1. The first-order chi connectivity index (χ1) is 9.11. The van der Waals surface area contributed by atoms with Crippen LogP contribution in [0.4, 0.5) is 0 Å². The van der Waals surface area contributed by atoms with E-state index >= 15 is 0 Å². The Kier molecular flexibility index (Phi) is 4.18. The molecule has 5 nitrogen and oxygen atoms in total. The van der Waals surface area contributed by atoms with Crippen molar-refractivity contribution in [2.75, 3.05) is 11.5 Å². The molecule has 0 saturated carbocycles. The van der Waals surface area contributed by atoms with Crippen LogP contribution in [-0.4, -0.2) is 40.3 Å². The van der Waals surface area contributed by atoms with Crippen molar-refractivity contribution in [1.82, 2.24) is 4.90 Å². The van der Waals surface area contributed by atoms with Gasteiger partial charge in [0.1, 0.15) is 6.04 Å². The number of ether oxygens (including phenoxy) is 1. The van der Waals surface area contributed by atoms with E-state index in [0.29, 0.717) is 22.0 Å². The summed E-state index contributed by atoms with van der Waals surface area (Å²) < 4.78 is 5.33. The Labute approximate surface area is 124 Å². The Bertz CT molecular complexity index is 508. The van der Waals surface area contributed by atoms with Crippen LogP contribution in [0, 0.1) is 0 Å². The Morgan fingerprint density at radius 3 is 2.21 bits per heavy atom. The zero-order valence-corrected chi connectivity index (χ0v) is 12.4. The molecule has 0 fully saturated rings. The summed E-state index contributed by atoms with van der Waals surface area (Å²) in [6.45, 7) is 0. The second-order valence-corrected chi connectivity index (χ2v) is 5.12. The lowest BCUT2D eigenvalue weighted by Gasteiger charge is -2.23. The lowest BCUT2D eigenvalue weighted by molar-refractivity contribution is -0.145. The maximum atomic E-state index is 12.2. The van der Waals surface area contributed by atoms with E-state index in [-0.39, 0.29) is 0 Å². The molecule has 1 heterocycles. The molecule has 1 atom stereocenters. The van der Waals surface area contributed by atoms with Gasteiger partial charge in [-0.3, -0.25) is 14.5 Å². The van der Waals surface area contributed by atoms with Crippen molar-refractivity contribution in [3.63, 3.8) is 0 Å². The molecule has 100 valence electrons. The number of alkyl halides is 1. The topological polar surface area (TPSA) is 63.7 Å². The summed E-state index contributed by atoms with van der Waals surface area (Å²) in [5.41, 5.74) is 0.685. The fourth-order valence-electron chi connectivity index (χ4n) is 2.08. The maximum Gasteiger partial charge on any atom is 0.329 e. The molecule has 1 aromatic carbocycles. The van der Waals surface area contributed by atoms with Gasteiger partial charge in [0.15, 0.2) is 0 Å². The van der Waals surface area contributed by atoms with Crippen molar-refractivity contribution >= 4 is 40.4 Å². The second-order valence-electron chi connectivity index (χ2n) is 4.04. The molecule has 19 heavy (non-hydrogen) atoms. The summed E-state index contributed by atoms with van der Waals surface area (Å²) >= 11 is 2.10. The molecule has 1 aliphatic heterocycles. The third-order valence-electron chi connectivity index (χ3n) is 2.99. The fourth-order valence-corrected chi connectivity index (χ4v) is 2.67. The SMILES string of the molecule is COC(=O)C(CCI)N1C(=O)c2ccccc2C1=O. The van der Waals surface area contributed by atoms with Gasteiger partial charge in [0.2, 0.25) is 0 Å². The van der Waals surface area contributed by atoms with E-state index in [1.165, 1.54) is 7.11 Å². The molecule has 0 spiro atoms. The molecule has 1 unspecified atom stereocenters. The van der Waals surface area contributed by atoms with Crippen molar-refractivity contribution < 1.29 is 19.1 Å². The first kappa shape index (κ1) is 14.0. The fraction of sp³-hybridized carbons (Fsp3) is 0.308. The third-order valence-corrected chi connectivity index (χ3v) is 3.62. The highest BCUT2D eigenvalue weighted by Gasteiger charge is 2.42. The molecule has 0 saturated heterocycles. The summed E-state index contributed by atoms with van der Waals surface area (Å²) in [5, 5.41) is 0. The monoisotopic (exact) mass is 373 g/mol. The number of imide groups is 1. The van der Waals surface area contributed by atoms with E-state index in [9.17, 15) is 14.4 Å². The molecule has 2 rings (SSSR count). The molecular weight excluding hydrogens is 361 g/mol. The van der Waals surface area contributed by atoms with Crippen LogP contribution in [-0.2, 0) is 9.53 Å². The van der Waals surface area contributed by atoms with Crippen molar-refractivity contribution in [1.29, 1.82) is 0 Å². The number of methoxy groups -OCH3 is 1. The second kappa shape index (κ2) is 5.68. The summed E-state index contributed by atoms with van der Waals surface area (Å²) in [6.07, 6.45) is 0.388. The van der Waals surface area contributed by atoms with E-state index in [4.69, 9.17) is 0 Å². The van der Waals surface area contributed by atoms with Gasteiger partial charge in [0, 0.05) is 4.43 Å². The largest absolute Gasteiger partial charge is 0.467 e. The Morgan fingerprint density at radius 2 is 1.79 bits per heavy atom. The van der Waals surface area contributed by atoms with Gasteiger partial charge in [0.25, 0.3) is 11.8 Å². The minimum absolute atomic E-state index is 0.342. The van der Waals surface area contributed by atoms with E-state index in [1.54, 1.807) is 24.3 Å². The number of hydrogen-bond donors (Lipinski definition) is 0. The van der Waals surface area contributed by atoms with Crippen molar-refractivity contribution in [3.05, 3.63) is 35.4 Å². The quantitative estimate of drug-likeness (QED) is 0.349. The smallest absolute Gasteiger partial charge is 0.329 e. The lowest BCUT2D eigenvalue weighted by Crippen LogP contribution is -2.45. The number of benzene rings is 1. The van der Waals surface area contributed by atoms with Crippen molar-refractivity contribution in [3.8, 4) is 0 Å².